The smallest absolute Gasteiger partial charge is 0.306 e. The van der Waals surface area contributed by atoms with Crippen molar-refractivity contribution in [2.75, 3.05) is 26.6 Å². The fourth-order valence-corrected chi connectivity index (χ4v) is 10.0. The molecule has 0 aromatic heterocycles. The zero-order chi connectivity index (χ0) is 49.2. The summed E-state index contributed by atoms with van der Waals surface area (Å²) in [5.41, 5.74) is 0. The van der Waals surface area contributed by atoms with Crippen LogP contribution in [0.1, 0.15) is 252 Å². The standard InChI is InChI=1S/C56H109NO9Si/c1-8-11-14-17-20-23-24-25-28-30-33-36-39-49(38-35-32-29-26-21-18-15-12-9-2)43-54(60)66-56-51(45-64-52(55(56)61)46-63-48(4)58)57-53(59)44-50(65-47-62-41-42-67(5,6)7)40-37-34-31-27-22-19-16-13-10-3/h49-52,55-56,61H,8-47H2,1-7H3,(H,57,59)/t49?,50-,51+,52-,55-,56-/m1/s1. The highest BCUT2D eigenvalue weighted by Crippen LogP contribution is 2.26. The van der Waals surface area contributed by atoms with Crippen LogP contribution in [-0.2, 0) is 38.1 Å². The summed E-state index contributed by atoms with van der Waals surface area (Å²) in [5, 5.41) is 14.6. The van der Waals surface area contributed by atoms with Gasteiger partial charge in [0.1, 0.15) is 25.6 Å². The molecule has 10 nitrogen and oxygen atoms in total. The van der Waals surface area contributed by atoms with Gasteiger partial charge >= 0.3 is 11.9 Å². The van der Waals surface area contributed by atoms with Gasteiger partial charge in [-0.3, -0.25) is 14.4 Å². The molecule has 1 unspecified atom stereocenters. The molecule has 0 saturated carbocycles. The second-order valence-corrected chi connectivity index (χ2v) is 27.2. The lowest BCUT2D eigenvalue weighted by atomic mass is 9.91. The first kappa shape index (κ1) is 63.5. The molecule has 0 bridgehead atoms. The maximum atomic E-state index is 13.9. The minimum atomic E-state index is -1.29. The second kappa shape index (κ2) is 43.3. The number of rotatable bonds is 47. The molecule has 67 heavy (non-hydrogen) atoms. The zero-order valence-electron chi connectivity index (χ0n) is 45.0. The molecule has 0 aromatic carbocycles. The summed E-state index contributed by atoms with van der Waals surface area (Å²) in [5.74, 6) is -0.898. The largest absolute Gasteiger partial charge is 0.463 e. The molecule has 1 heterocycles. The molecule has 1 rings (SSSR count). The summed E-state index contributed by atoms with van der Waals surface area (Å²) in [4.78, 5) is 39.4. The summed E-state index contributed by atoms with van der Waals surface area (Å²) in [7, 11) is -1.25. The fraction of sp³-hybridized carbons (Fsp3) is 0.946. The van der Waals surface area contributed by atoms with Crippen molar-refractivity contribution in [3.63, 3.8) is 0 Å². The van der Waals surface area contributed by atoms with Gasteiger partial charge in [0.2, 0.25) is 5.91 Å². The van der Waals surface area contributed by atoms with Gasteiger partial charge in [-0.05, 0) is 31.2 Å². The van der Waals surface area contributed by atoms with E-state index < -0.39 is 38.4 Å². The molecule has 0 radical (unpaired) electrons. The third-order valence-electron chi connectivity index (χ3n) is 13.7. The van der Waals surface area contributed by atoms with E-state index in [1.165, 1.54) is 174 Å². The van der Waals surface area contributed by atoms with Gasteiger partial charge in [0.05, 0.1) is 25.2 Å². The minimum absolute atomic E-state index is 0.0109. The number of nitrogens with one attached hydrogen (secondary N) is 1. The number of aliphatic hydroxyl groups excluding tert-OH is 1. The van der Waals surface area contributed by atoms with Crippen molar-refractivity contribution in [1.29, 1.82) is 0 Å². The summed E-state index contributed by atoms with van der Waals surface area (Å²) >= 11 is 0. The van der Waals surface area contributed by atoms with Gasteiger partial charge in [-0.25, -0.2) is 0 Å². The van der Waals surface area contributed by atoms with Crippen LogP contribution in [0.5, 0.6) is 0 Å². The molecular formula is C56H109NO9Si. The second-order valence-electron chi connectivity index (χ2n) is 21.6. The molecule has 6 atom stereocenters. The van der Waals surface area contributed by atoms with Crippen LogP contribution in [0.15, 0.2) is 0 Å². The van der Waals surface area contributed by atoms with Crippen molar-refractivity contribution < 1.29 is 43.2 Å². The number of unbranched alkanes of at least 4 members (excludes halogenated alkanes) is 27. The monoisotopic (exact) mass is 968 g/mol. The number of carbonyl (C=O) groups excluding carboxylic acids is 3. The van der Waals surface area contributed by atoms with Crippen LogP contribution >= 0.6 is 0 Å². The van der Waals surface area contributed by atoms with Crippen LogP contribution in [-0.4, -0.2) is 88.1 Å². The highest BCUT2D eigenvalue weighted by molar-refractivity contribution is 6.76. The van der Waals surface area contributed by atoms with Crippen molar-refractivity contribution in [3.8, 4) is 0 Å². The number of aliphatic hydroxyl groups is 1. The molecule has 11 heteroatoms. The Bertz CT molecular complexity index is 1170. The highest BCUT2D eigenvalue weighted by Gasteiger charge is 2.43. The Labute approximate surface area is 414 Å². The van der Waals surface area contributed by atoms with E-state index in [2.05, 4.69) is 45.7 Å². The molecule has 0 aromatic rings. The van der Waals surface area contributed by atoms with Gasteiger partial charge in [0, 0.05) is 28.0 Å². The van der Waals surface area contributed by atoms with Crippen LogP contribution in [0.25, 0.3) is 0 Å². The number of hydrogen-bond acceptors (Lipinski definition) is 9. The number of carbonyl (C=O) groups is 3. The van der Waals surface area contributed by atoms with Gasteiger partial charge < -0.3 is 34.1 Å². The molecular weight excluding hydrogens is 859 g/mol. The van der Waals surface area contributed by atoms with Gasteiger partial charge in [-0.2, -0.15) is 0 Å². The molecule has 396 valence electrons. The molecule has 2 N–H and O–H groups in total. The van der Waals surface area contributed by atoms with Crippen molar-refractivity contribution in [2.24, 2.45) is 5.92 Å². The molecule has 1 saturated heterocycles. The summed E-state index contributed by atoms with van der Waals surface area (Å²) < 4.78 is 29.4. The van der Waals surface area contributed by atoms with Crippen LogP contribution in [0.2, 0.25) is 25.7 Å². The Morgan fingerprint density at radius 3 is 1.49 bits per heavy atom. The van der Waals surface area contributed by atoms with Crippen molar-refractivity contribution >= 4 is 25.9 Å². The summed E-state index contributed by atoms with van der Waals surface area (Å²) in [6.45, 7) is 15.7. The van der Waals surface area contributed by atoms with Crippen molar-refractivity contribution in [3.05, 3.63) is 0 Å². The molecule has 1 fully saturated rings. The van der Waals surface area contributed by atoms with Crippen LogP contribution in [0.4, 0.5) is 0 Å². The molecule has 1 amide bonds. The van der Waals surface area contributed by atoms with Crippen LogP contribution in [0.3, 0.4) is 0 Å². The first-order chi connectivity index (χ1) is 32.4. The predicted octanol–water partition coefficient (Wildman–Crippen LogP) is 14.7. The Morgan fingerprint density at radius 1 is 0.627 bits per heavy atom. The summed E-state index contributed by atoms with van der Waals surface area (Å²) in [6, 6.07) is 0.273. The number of hydrogen-bond donors (Lipinski definition) is 2. The lowest BCUT2D eigenvalue weighted by Gasteiger charge is -2.40. The third-order valence-corrected chi connectivity index (χ3v) is 15.4. The number of ether oxygens (including phenoxy) is 5. The Balaban J connectivity index is 2.94. The maximum Gasteiger partial charge on any atom is 0.306 e. The Morgan fingerprint density at radius 2 is 1.06 bits per heavy atom. The third kappa shape index (κ3) is 37.9. The lowest BCUT2D eigenvalue weighted by molar-refractivity contribution is -0.196. The fourth-order valence-electron chi connectivity index (χ4n) is 9.27. The Hall–Kier alpha value is -1.53. The number of amides is 1. The quantitative estimate of drug-likeness (QED) is 0.0265. The molecule has 0 aliphatic carbocycles. The van der Waals surface area contributed by atoms with Crippen LogP contribution < -0.4 is 5.32 Å². The van der Waals surface area contributed by atoms with E-state index in [4.69, 9.17) is 23.7 Å². The topological polar surface area (TPSA) is 130 Å². The van der Waals surface area contributed by atoms with E-state index in [1.54, 1.807) is 0 Å². The zero-order valence-corrected chi connectivity index (χ0v) is 46.0. The van der Waals surface area contributed by atoms with Crippen LogP contribution in [0, 0.1) is 5.92 Å². The van der Waals surface area contributed by atoms with Gasteiger partial charge in [0.25, 0.3) is 0 Å². The van der Waals surface area contributed by atoms with E-state index in [9.17, 15) is 19.5 Å². The first-order valence-electron chi connectivity index (χ1n) is 28.5. The maximum absolute atomic E-state index is 13.9. The average molecular weight is 969 g/mol. The van der Waals surface area contributed by atoms with Gasteiger partial charge in [0.15, 0.2) is 6.10 Å². The van der Waals surface area contributed by atoms with Gasteiger partial charge in [-0.1, -0.05) is 233 Å². The van der Waals surface area contributed by atoms with E-state index in [1.807, 2.05) is 0 Å². The number of esters is 2. The molecule has 1 aliphatic heterocycles. The minimum Gasteiger partial charge on any atom is -0.463 e. The van der Waals surface area contributed by atoms with Crippen molar-refractivity contribution in [2.45, 2.75) is 309 Å². The Kier molecular flexibility index (Phi) is 41.0. The molecule has 0 spiro atoms. The van der Waals surface area contributed by atoms with E-state index in [-0.39, 0.29) is 56.7 Å². The molecule has 1 aliphatic rings. The lowest BCUT2D eigenvalue weighted by Crippen LogP contribution is -2.61. The van der Waals surface area contributed by atoms with Crippen molar-refractivity contribution in [1.82, 2.24) is 5.32 Å². The van der Waals surface area contributed by atoms with E-state index in [0.717, 1.165) is 51.0 Å². The highest BCUT2D eigenvalue weighted by atomic mass is 28.3. The summed E-state index contributed by atoms with van der Waals surface area (Å²) in [6.07, 6.45) is 37.4. The first-order valence-corrected chi connectivity index (χ1v) is 32.2. The normalized spacial score (nSPS) is 18.4. The SMILES string of the molecule is CCCCCCCCCCCCCCC(CCCCCCCCCCC)CC(=O)O[C@H]1[C@H](O)[C@@H](COC(C)=O)OC[C@@H]1NC(=O)C[C@@H](CCCCCCCCCCC)OCOCC[Si](C)(C)C. The van der Waals surface area contributed by atoms with Gasteiger partial charge in [-0.15, -0.1) is 0 Å². The van der Waals surface area contributed by atoms with E-state index >= 15 is 0 Å². The predicted molar refractivity (Wildman–Crippen MR) is 280 cm³/mol. The average Bonchev–Trinajstić information content (AvgIpc) is 3.28. The van der Waals surface area contributed by atoms with E-state index in [0.29, 0.717) is 6.61 Å².